The summed E-state index contributed by atoms with van der Waals surface area (Å²) in [6, 6.07) is 6.12. The van der Waals surface area contributed by atoms with E-state index in [0.29, 0.717) is 19.5 Å². The van der Waals surface area contributed by atoms with E-state index in [9.17, 15) is 13.2 Å². The van der Waals surface area contributed by atoms with Gasteiger partial charge in [-0.05, 0) is 37.9 Å². The first-order chi connectivity index (χ1) is 9.44. The SMILES string of the molecule is Cc1ccc2c(c1)CC(CNCCCCC(F)(F)F)O2. The molecular formula is C15H20F3NO. The molecule has 0 radical (unpaired) electrons. The average molecular weight is 287 g/mol. The molecule has 1 aromatic rings. The van der Waals surface area contributed by atoms with E-state index in [4.69, 9.17) is 4.74 Å². The molecule has 0 aliphatic carbocycles. The Kier molecular flexibility index (Phi) is 4.91. The summed E-state index contributed by atoms with van der Waals surface area (Å²) in [5.74, 6) is 0.930. The van der Waals surface area contributed by atoms with Gasteiger partial charge in [0.1, 0.15) is 11.9 Å². The first kappa shape index (κ1) is 15.2. The van der Waals surface area contributed by atoms with Crippen molar-refractivity contribution in [2.75, 3.05) is 13.1 Å². The monoisotopic (exact) mass is 287 g/mol. The number of ether oxygens (including phenoxy) is 1. The fourth-order valence-corrected chi connectivity index (χ4v) is 2.40. The van der Waals surface area contributed by atoms with Crippen LogP contribution in [0.5, 0.6) is 5.75 Å². The van der Waals surface area contributed by atoms with Crippen LogP contribution in [0.4, 0.5) is 13.2 Å². The van der Waals surface area contributed by atoms with Crippen molar-refractivity contribution in [1.82, 2.24) is 5.32 Å². The summed E-state index contributed by atoms with van der Waals surface area (Å²) >= 11 is 0. The van der Waals surface area contributed by atoms with Crippen LogP contribution in [-0.4, -0.2) is 25.4 Å². The number of hydrogen-bond acceptors (Lipinski definition) is 2. The predicted molar refractivity (Wildman–Crippen MR) is 72.1 cm³/mol. The molecule has 112 valence electrons. The van der Waals surface area contributed by atoms with Gasteiger partial charge in [-0.3, -0.25) is 0 Å². The normalized spacial score (nSPS) is 17.9. The van der Waals surface area contributed by atoms with Gasteiger partial charge >= 0.3 is 6.18 Å². The van der Waals surface area contributed by atoms with Gasteiger partial charge in [-0.2, -0.15) is 13.2 Å². The van der Waals surface area contributed by atoms with Crippen molar-refractivity contribution in [3.05, 3.63) is 29.3 Å². The molecular weight excluding hydrogens is 267 g/mol. The second-order valence-electron chi connectivity index (χ2n) is 5.33. The van der Waals surface area contributed by atoms with Gasteiger partial charge in [-0.15, -0.1) is 0 Å². The third-order valence-corrected chi connectivity index (χ3v) is 3.39. The highest BCUT2D eigenvalue weighted by molar-refractivity contribution is 5.40. The van der Waals surface area contributed by atoms with Crippen LogP contribution in [0.2, 0.25) is 0 Å². The number of aryl methyl sites for hydroxylation is 1. The Labute approximate surface area is 117 Å². The molecule has 2 nitrogen and oxygen atoms in total. The molecule has 0 bridgehead atoms. The predicted octanol–water partition coefficient (Wildman–Crippen LogP) is 3.62. The van der Waals surface area contributed by atoms with E-state index >= 15 is 0 Å². The number of unbranched alkanes of at least 4 members (excludes halogenated alkanes) is 1. The lowest BCUT2D eigenvalue weighted by molar-refractivity contribution is -0.135. The zero-order valence-corrected chi connectivity index (χ0v) is 11.6. The lowest BCUT2D eigenvalue weighted by Crippen LogP contribution is -2.30. The Morgan fingerprint density at radius 1 is 1.30 bits per heavy atom. The summed E-state index contributed by atoms with van der Waals surface area (Å²) < 4.78 is 41.6. The highest BCUT2D eigenvalue weighted by Gasteiger charge is 2.26. The van der Waals surface area contributed by atoms with Gasteiger partial charge in [0.15, 0.2) is 0 Å². The summed E-state index contributed by atoms with van der Waals surface area (Å²) in [7, 11) is 0. The first-order valence-corrected chi connectivity index (χ1v) is 6.98. The maximum atomic E-state index is 12.0. The zero-order valence-electron chi connectivity index (χ0n) is 11.6. The topological polar surface area (TPSA) is 21.3 Å². The van der Waals surface area contributed by atoms with Gasteiger partial charge < -0.3 is 10.1 Å². The van der Waals surface area contributed by atoms with Crippen LogP contribution >= 0.6 is 0 Å². The molecule has 0 amide bonds. The molecule has 1 aliphatic heterocycles. The quantitative estimate of drug-likeness (QED) is 0.807. The Morgan fingerprint density at radius 2 is 2.10 bits per heavy atom. The number of fused-ring (bicyclic) bond motifs is 1. The Hall–Kier alpha value is -1.23. The third-order valence-electron chi connectivity index (χ3n) is 3.39. The van der Waals surface area contributed by atoms with E-state index in [1.807, 2.05) is 19.1 Å². The molecule has 5 heteroatoms. The van der Waals surface area contributed by atoms with Crippen LogP contribution in [0.25, 0.3) is 0 Å². The summed E-state index contributed by atoms with van der Waals surface area (Å²) in [5.41, 5.74) is 2.43. The molecule has 1 heterocycles. The van der Waals surface area contributed by atoms with Gasteiger partial charge in [0.25, 0.3) is 0 Å². The summed E-state index contributed by atoms with van der Waals surface area (Å²) in [6.45, 7) is 3.33. The van der Waals surface area contributed by atoms with Crippen molar-refractivity contribution in [2.45, 2.75) is 44.9 Å². The molecule has 20 heavy (non-hydrogen) atoms. The number of halogens is 3. The van der Waals surface area contributed by atoms with E-state index < -0.39 is 12.6 Å². The fraction of sp³-hybridized carbons (Fsp3) is 0.600. The number of nitrogens with one attached hydrogen (secondary N) is 1. The Morgan fingerprint density at radius 3 is 2.85 bits per heavy atom. The van der Waals surface area contributed by atoms with Gasteiger partial charge in [0.2, 0.25) is 0 Å². The van der Waals surface area contributed by atoms with E-state index in [0.717, 1.165) is 12.2 Å². The Balaban J connectivity index is 1.61. The van der Waals surface area contributed by atoms with E-state index in [1.165, 1.54) is 11.1 Å². The van der Waals surface area contributed by atoms with Crippen LogP contribution in [0, 0.1) is 6.92 Å². The van der Waals surface area contributed by atoms with Crippen molar-refractivity contribution in [3.8, 4) is 5.75 Å². The van der Waals surface area contributed by atoms with Crippen LogP contribution in [0.3, 0.4) is 0 Å². The second kappa shape index (κ2) is 6.48. The zero-order chi connectivity index (χ0) is 14.6. The molecule has 1 N–H and O–H groups in total. The van der Waals surface area contributed by atoms with Crippen LogP contribution in [-0.2, 0) is 6.42 Å². The molecule has 1 aromatic carbocycles. The summed E-state index contributed by atoms with van der Waals surface area (Å²) in [6.07, 6.45) is -3.05. The highest BCUT2D eigenvalue weighted by Crippen LogP contribution is 2.29. The molecule has 0 saturated carbocycles. The van der Waals surface area contributed by atoms with Gasteiger partial charge in [0.05, 0.1) is 0 Å². The maximum absolute atomic E-state index is 12.0. The minimum atomic E-state index is -4.03. The smallest absolute Gasteiger partial charge is 0.389 e. The number of benzene rings is 1. The van der Waals surface area contributed by atoms with E-state index in [-0.39, 0.29) is 12.5 Å². The maximum Gasteiger partial charge on any atom is 0.389 e. The van der Waals surface area contributed by atoms with Crippen molar-refractivity contribution in [1.29, 1.82) is 0 Å². The van der Waals surface area contributed by atoms with Crippen molar-refractivity contribution >= 4 is 0 Å². The lowest BCUT2D eigenvalue weighted by atomic mass is 10.1. The molecule has 1 unspecified atom stereocenters. The highest BCUT2D eigenvalue weighted by atomic mass is 19.4. The molecule has 1 atom stereocenters. The molecule has 1 aliphatic rings. The lowest BCUT2D eigenvalue weighted by Gasteiger charge is -2.12. The molecule has 0 saturated heterocycles. The summed E-state index contributed by atoms with van der Waals surface area (Å²) in [4.78, 5) is 0. The molecule has 0 fully saturated rings. The third kappa shape index (κ3) is 4.71. The minimum absolute atomic E-state index is 0.0921. The Bertz CT molecular complexity index is 445. The largest absolute Gasteiger partial charge is 0.488 e. The molecule has 0 aromatic heterocycles. The number of hydrogen-bond donors (Lipinski definition) is 1. The average Bonchev–Trinajstić information content (AvgIpc) is 2.74. The van der Waals surface area contributed by atoms with Crippen molar-refractivity contribution in [2.24, 2.45) is 0 Å². The molecule has 2 rings (SSSR count). The van der Waals surface area contributed by atoms with Crippen LogP contribution in [0.1, 0.15) is 30.4 Å². The van der Waals surface area contributed by atoms with E-state index in [1.54, 1.807) is 0 Å². The minimum Gasteiger partial charge on any atom is -0.488 e. The van der Waals surface area contributed by atoms with Gasteiger partial charge in [-0.25, -0.2) is 0 Å². The van der Waals surface area contributed by atoms with E-state index in [2.05, 4.69) is 11.4 Å². The fourth-order valence-electron chi connectivity index (χ4n) is 2.40. The summed E-state index contributed by atoms with van der Waals surface area (Å²) in [5, 5.41) is 3.17. The van der Waals surface area contributed by atoms with Crippen molar-refractivity contribution in [3.63, 3.8) is 0 Å². The standard InChI is InChI=1S/C15H20F3NO/c1-11-4-5-14-12(8-11)9-13(20-14)10-19-7-3-2-6-15(16,17)18/h4-5,8,13,19H,2-3,6-7,9-10H2,1H3. The van der Waals surface area contributed by atoms with Gasteiger partial charge in [0, 0.05) is 19.4 Å². The van der Waals surface area contributed by atoms with Crippen molar-refractivity contribution < 1.29 is 17.9 Å². The molecule has 0 spiro atoms. The second-order valence-corrected chi connectivity index (χ2v) is 5.33. The number of rotatable bonds is 6. The number of alkyl halides is 3. The van der Waals surface area contributed by atoms with Gasteiger partial charge in [-0.1, -0.05) is 17.7 Å². The first-order valence-electron chi connectivity index (χ1n) is 6.98. The van der Waals surface area contributed by atoms with Crippen LogP contribution < -0.4 is 10.1 Å². The van der Waals surface area contributed by atoms with Crippen LogP contribution in [0.15, 0.2) is 18.2 Å².